The highest BCUT2D eigenvalue weighted by Gasteiger charge is 2.10. The fraction of sp³-hybridized carbons (Fsp3) is 0.214. The van der Waals surface area contributed by atoms with Crippen LogP contribution in [-0.2, 0) is 6.54 Å². The Morgan fingerprint density at radius 3 is 2.58 bits per heavy atom. The van der Waals surface area contributed by atoms with Gasteiger partial charge in [-0.15, -0.1) is 0 Å². The summed E-state index contributed by atoms with van der Waals surface area (Å²) in [6.45, 7) is 0.938. The summed E-state index contributed by atoms with van der Waals surface area (Å²) in [5.74, 6) is 0. The average molecular weight is 251 g/mol. The van der Waals surface area contributed by atoms with Crippen LogP contribution in [0.4, 0.5) is 5.69 Å². The molecule has 1 heterocycles. The Balaban J connectivity index is 2.38. The predicted molar refractivity (Wildman–Crippen MR) is 72.7 cm³/mol. The summed E-state index contributed by atoms with van der Waals surface area (Å²) in [6, 6.07) is 11.6. The molecule has 0 bridgehead atoms. The molecule has 0 unspecified atom stereocenters. The summed E-state index contributed by atoms with van der Waals surface area (Å²) in [7, 11) is 0. The number of rotatable bonds is 4. The van der Waals surface area contributed by atoms with Crippen molar-refractivity contribution in [1.29, 1.82) is 10.5 Å². The van der Waals surface area contributed by atoms with E-state index in [0.29, 0.717) is 12.2 Å². The zero-order valence-electron chi connectivity index (χ0n) is 10.4. The number of fused-ring (bicyclic) bond motifs is 1. The number of pyridine rings is 1. The maximum atomic E-state index is 8.76. The quantitative estimate of drug-likeness (QED) is 0.659. The molecule has 19 heavy (non-hydrogen) atoms. The first-order valence-corrected chi connectivity index (χ1v) is 5.84. The predicted octanol–water partition coefficient (Wildman–Crippen LogP) is 1.67. The first-order chi connectivity index (χ1) is 9.26. The molecule has 5 heteroatoms. The van der Waals surface area contributed by atoms with E-state index in [1.165, 1.54) is 0 Å². The molecule has 0 saturated heterocycles. The van der Waals surface area contributed by atoms with Crippen molar-refractivity contribution in [2.75, 3.05) is 18.8 Å². The molecule has 0 aliphatic rings. The van der Waals surface area contributed by atoms with Gasteiger partial charge in [-0.05, 0) is 23.8 Å². The molecule has 1 aromatic carbocycles. The van der Waals surface area contributed by atoms with Crippen LogP contribution in [0.3, 0.4) is 0 Å². The first kappa shape index (κ1) is 12.8. The van der Waals surface area contributed by atoms with Gasteiger partial charge in [0.1, 0.15) is 0 Å². The third kappa shape index (κ3) is 2.79. The minimum Gasteiger partial charge on any atom is -0.398 e. The minimum atomic E-state index is 0.215. The molecule has 0 fully saturated rings. The van der Waals surface area contributed by atoms with Gasteiger partial charge in [0.15, 0.2) is 0 Å². The number of nitrogens with two attached hydrogens (primary N) is 1. The molecule has 0 radical (unpaired) electrons. The minimum absolute atomic E-state index is 0.215. The molecule has 2 N–H and O–H groups in total. The van der Waals surface area contributed by atoms with Crippen molar-refractivity contribution in [2.24, 2.45) is 0 Å². The van der Waals surface area contributed by atoms with Gasteiger partial charge in [0.05, 0.1) is 30.7 Å². The van der Waals surface area contributed by atoms with Gasteiger partial charge in [0, 0.05) is 23.8 Å². The van der Waals surface area contributed by atoms with Crippen LogP contribution in [0, 0.1) is 22.7 Å². The van der Waals surface area contributed by atoms with Crippen LogP contribution in [-0.4, -0.2) is 23.0 Å². The molecule has 0 atom stereocenters. The van der Waals surface area contributed by atoms with Crippen molar-refractivity contribution >= 4 is 16.6 Å². The van der Waals surface area contributed by atoms with Crippen molar-refractivity contribution in [2.45, 2.75) is 6.54 Å². The summed E-state index contributed by atoms with van der Waals surface area (Å²) >= 11 is 0. The standard InChI is InChI=1S/C14H13N5/c15-5-8-19(9-6-16)10-11-3-4-13(17)12-2-1-7-18-14(11)12/h1-4,7H,8-10,17H2. The average Bonchev–Trinajstić information content (AvgIpc) is 2.43. The number of hydrogen-bond acceptors (Lipinski definition) is 5. The van der Waals surface area contributed by atoms with Gasteiger partial charge >= 0.3 is 0 Å². The Morgan fingerprint density at radius 1 is 1.16 bits per heavy atom. The molecular weight excluding hydrogens is 238 g/mol. The first-order valence-electron chi connectivity index (χ1n) is 5.84. The van der Waals surface area contributed by atoms with E-state index in [0.717, 1.165) is 16.5 Å². The number of benzene rings is 1. The second-order valence-electron chi connectivity index (χ2n) is 4.17. The Labute approximate surface area is 111 Å². The lowest BCUT2D eigenvalue weighted by molar-refractivity contribution is 0.336. The van der Waals surface area contributed by atoms with Crippen molar-refractivity contribution in [1.82, 2.24) is 9.88 Å². The second kappa shape index (κ2) is 5.81. The third-order valence-corrected chi connectivity index (χ3v) is 2.87. The molecule has 5 nitrogen and oxygen atoms in total. The van der Waals surface area contributed by atoms with Gasteiger partial charge in [-0.25, -0.2) is 0 Å². The maximum absolute atomic E-state index is 8.76. The van der Waals surface area contributed by atoms with E-state index in [2.05, 4.69) is 17.1 Å². The van der Waals surface area contributed by atoms with Gasteiger partial charge in [0.2, 0.25) is 0 Å². The highest BCUT2D eigenvalue weighted by atomic mass is 15.1. The van der Waals surface area contributed by atoms with Crippen LogP contribution in [0.15, 0.2) is 30.5 Å². The van der Waals surface area contributed by atoms with Gasteiger partial charge in [0.25, 0.3) is 0 Å². The molecule has 1 aromatic heterocycles. The highest BCUT2D eigenvalue weighted by Crippen LogP contribution is 2.23. The van der Waals surface area contributed by atoms with Gasteiger partial charge < -0.3 is 5.73 Å². The van der Waals surface area contributed by atoms with Crippen LogP contribution < -0.4 is 5.73 Å². The van der Waals surface area contributed by atoms with Crippen LogP contribution in [0.1, 0.15) is 5.56 Å². The van der Waals surface area contributed by atoms with Crippen LogP contribution >= 0.6 is 0 Å². The number of nitrogen functional groups attached to an aromatic ring is 1. The Bertz CT molecular complexity index is 650. The monoisotopic (exact) mass is 251 g/mol. The van der Waals surface area contributed by atoms with Gasteiger partial charge in [-0.3, -0.25) is 9.88 Å². The summed E-state index contributed by atoms with van der Waals surface area (Å²) in [5.41, 5.74) is 8.39. The molecule has 2 aromatic rings. The molecule has 0 amide bonds. The number of nitriles is 2. The van der Waals surface area contributed by atoms with Crippen LogP contribution in [0.25, 0.3) is 10.9 Å². The lowest BCUT2D eigenvalue weighted by atomic mass is 10.1. The molecule has 0 aliphatic carbocycles. The summed E-state index contributed by atoms with van der Waals surface area (Å²) in [6.07, 6.45) is 1.71. The van der Waals surface area contributed by atoms with Crippen molar-refractivity contribution in [3.05, 3.63) is 36.0 Å². The topological polar surface area (TPSA) is 89.7 Å². The van der Waals surface area contributed by atoms with Crippen molar-refractivity contribution in [3.63, 3.8) is 0 Å². The number of nitrogens with zero attached hydrogens (tertiary/aromatic N) is 4. The molecule has 0 aliphatic heterocycles. The molecule has 2 rings (SSSR count). The molecule has 0 spiro atoms. The van der Waals surface area contributed by atoms with Crippen molar-refractivity contribution in [3.8, 4) is 12.1 Å². The molecule has 0 saturated carbocycles. The molecular formula is C14H13N5. The Hall–Kier alpha value is -2.63. The SMILES string of the molecule is N#CCN(CC#N)Cc1ccc(N)c2cccnc12. The van der Waals surface area contributed by atoms with Crippen LogP contribution in [0.2, 0.25) is 0 Å². The highest BCUT2D eigenvalue weighted by molar-refractivity contribution is 5.92. The number of aromatic nitrogens is 1. The summed E-state index contributed by atoms with van der Waals surface area (Å²) in [5, 5.41) is 18.4. The number of hydrogen-bond donors (Lipinski definition) is 1. The van der Waals surface area contributed by atoms with E-state index in [1.54, 1.807) is 11.1 Å². The lowest BCUT2D eigenvalue weighted by Crippen LogP contribution is -2.24. The Morgan fingerprint density at radius 2 is 1.89 bits per heavy atom. The van der Waals surface area contributed by atoms with E-state index in [4.69, 9.17) is 16.3 Å². The Kier molecular flexibility index (Phi) is 3.92. The van der Waals surface area contributed by atoms with E-state index < -0.39 is 0 Å². The largest absolute Gasteiger partial charge is 0.398 e. The normalized spacial score (nSPS) is 10.3. The van der Waals surface area contributed by atoms with E-state index in [9.17, 15) is 0 Å². The zero-order valence-corrected chi connectivity index (χ0v) is 10.4. The zero-order chi connectivity index (χ0) is 13.7. The fourth-order valence-electron chi connectivity index (χ4n) is 1.99. The van der Waals surface area contributed by atoms with Gasteiger partial charge in [-0.2, -0.15) is 10.5 Å². The van der Waals surface area contributed by atoms with E-state index >= 15 is 0 Å². The molecule has 94 valence electrons. The van der Waals surface area contributed by atoms with E-state index in [-0.39, 0.29) is 13.1 Å². The van der Waals surface area contributed by atoms with Crippen LogP contribution in [0.5, 0.6) is 0 Å². The fourth-order valence-corrected chi connectivity index (χ4v) is 1.99. The third-order valence-electron chi connectivity index (χ3n) is 2.87. The number of anilines is 1. The summed E-state index contributed by atoms with van der Waals surface area (Å²) < 4.78 is 0. The second-order valence-corrected chi connectivity index (χ2v) is 4.17. The smallest absolute Gasteiger partial charge is 0.0877 e. The maximum Gasteiger partial charge on any atom is 0.0877 e. The van der Waals surface area contributed by atoms with E-state index in [1.807, 2.05) is 24.3 Å². The lowest BCUT2D eigenvalue weighted by Gasteiger charge is -2.16. The summed E-state index contributed by atoms with van der Waals surface area (Å²) in [4.78, 5) is 6.11. The van der Waals surface area contributed by atoms with Crippen molar-refractivity contribution < 1.29 is 0 Å². The van der Waals surface area contributed by atoms with Gasteiger partial charge in [-0.1, -0.05) is 6.07 Å².